The molecule has 0 bridgehead atoms. The number of nitrogens with one attached hydrogen (secondary N) is 1. The second-order valence-corrected chi connectivity index (χ2v) is 4.94. The fourth-order valence-electron chi connectivity index (χ4n) is 2.79. The SMILES string of the molecule is C(CN1CCc2ccccc21)=C1CCNCC1. The van der Waals surface area contributed by atoms with Crippen molar-refractivity contribution in [2.24, 2.45) is 0 Å². The molecule has 0 aliphatic carbocycles. The molecule has 1 aromatic rings. The van der Waals surface area contributed by atoms with Gasteiger partial charge in [-0.25, -0.2) is 0 Å². The third-order valence-electron chi connectivity index (χ3n) is 3.83. The number of anilines is 1. The molecular weight excluding hydrogens is 208 g/mol. The van der Waals surface area contributed by atoms with Crippen molar-refractivity contribution in [1.29, 1.82) is 0 Å². The Hall–Kier alpha value is -1.28. The van der Waals surface area contributed by atoms with Gasteiger partial charge in [0.25, 0.3) is 0 Å². The minimum atomic E-state index is 1.09. The molecule has 2 heteroatoms. The molecule has 1 fully saturated rings. The molecule has 3 rings (SSSR count). The number of nitrogens with zero attached hydrogens (tertiary/aromatic N) is 1. The van der Waals surface area contributed by atoms with E-state index in [1.54, 1.807) is 5.57 Å². The van der Waals surface area contributed by atoms with Crippen LogP contribution in [0.4, 0.5) is 5.69 Å². The van der Waals surface area contributed by atoms with Crippen molar-refractivity contribution < 1.29 is 0 Å². The molecule has 0 aromatic heterocycles. The summed E-state index contributed by atoms with van der Waals surface area (Å²) in [5, 5.41) is 3.40. The Bertz CT molecular complexity index is 415. The maximum absolute atomic E-state index is 3.40. The number of hydrogen-bond donors (Lipinski definition) is 1. The van der Waals surface area contributed by atoms with Crippen LogP contribution < -0.4 is 10.2 Å². The first-order valence-corrected chi connectivity index (χ1v) is 6.65. The number of rotatable bonds is 2. The van der Waals surface area contributed by atoms with Crippen LogP contribution in [0.1, 0.15) is 18.4 Å². The fraction of sp³-hybridized carbons (Fsp3) is 0.467. The van der Waals surface area contributed by atoms with Crippen molar-refractivity contribution in [1.82, 2.24) is 5.32 Å². The van der Waals surface area contributed by atoms with E-state index in [1.165, 1.54) is 37.1 Å². The number of piperidine rings is 1. The maximum Gasteiger partial charge on any atom is 0.0402 e. The Kier molecular flexibility index (Phi) is 3.14. The van der Waals surface area contributed by atoms with Gasteiger partial charge in [-0.2, -0.15) is 0 Å². The lowest BCUT2D eigenvalue weighted by Crippen LogP contribution is -2.25. The van der Waals surface area contributed by atoms with E-state index in [0.29, 0.717) is 0 Å². The number of para-hydroxylation sites is 1. The summed E-state index contributed by atoms with van der Waals surface area (Å²) >= 11 is 0. The minimum Gasteiger partial charge on any atom is -0.367 e. The molecule has 0 unspecified atom stereocenters. The van der Waals surface area contributed by atoms with Gasteiger partial charge in [0.15, 0.2) is 0 Å². The molecule has 2 heterocycles. The summed E-state index contributed by atoms with van der Waals surface area (Å²) in [5.74, 6) is 0. The zero-order valence-corrected chi connectivity index (χ0v) is 10.3. The van der Waals surface area contributed by atoms with Gasteiger partial charge in [0.1, 0.15) is 0 Å². The Balaban J connectivity index is 1.67. The highest BCUT2D eigenvalue weighted by molar-refractivity contribution is 5.58. The van der Waals surface area contributed by atoms with E-state index >= 15 is 0 Å². The van der Waals surface area contributed by atoms with E-state index in [-0.39, 0.29) is 0 Å². The summed E-state index contributed by atoms with van der Waals surface area (Å²) in [6.45, 7) is 4.58. The van der Waals surface area contributed by atoms with Crippen molar-refractivity contribution >= 4 is 5.69 Å². The number of hydrogen-bond acceptors (Lipinski definition) is 2. The van der Waals surface area contributed by atoms with Crippen LogP contribution in [0.25, 0.3) is 0 Å². The lowest BCUT2D eigenvalue weighted by atomic mass is 10.1. The van der Waals surface area contributed by atoms with E-state index in [9.17, 15) is 0 Å². The van der Waals surface area contributed by atoms with Crippen molar-refractivity contribution in [2.75, 3.05) is 31.1 Å². The summed E-state index contributed by atoms with van der Waals surface area (Å²) in [7, 11) is 0. The van der Waals surface area contributed by atoms with Crippen LogP contribution in [-0.2, 0) is 6.42 Å². The van der Waals surface area contributed by atoms with E-state index in [1.807, 2.05) is 0 Å². The first-order chi connectivity index (χ1) is 8.43. The summed E-state index contributed by atoms with van der Waals surface area (Å²) in [5.41, 5.74) is 4.59. The second kappa shape index (κ2) is 4.92. The second-order valence-electron chi connectivity index (χ2n) is 4.94. The Morgan fingerprint density at radius 1 is 1.12 bits per heavy atom. The topological polar surface area (TPSA) is 15.3 Å². The average Bonchev–Trinajstić information content (AvgIpc) is 2.81. The van der Waals surface area contributed by atoms with Gasteiger partial charge in [-0.15, -0.1) is 0 Å². The molecule has 1 aromatic carbocycles. The van der Waals surface area contributed by atoms with Gasteiger partial charge >= 0.3 is 0 Å². The van der Waals surface area contributed by atoms with Gasteiger partial charge in [0.2, 0.25) is 0 Å². The Morgan fingerprint density at radius 2 is 1.94 bits per heavy atom. The first kappa shape index (κ1) is 10.8. The summed E-state index contributed by atoms with van der Waals surface area (Å²) in [6.07, 6.45) is 6.12. The largest absolute Gasteiger partial charge is 0.367 e. The average molecular weight is 228 g/mol. The standard InChI is InChI=1S/C15H20N2/c1-2-4-15-14(3-1)8-12-17(15)11-7-13-5-9-16-10-6-13/h1-4,7,16H,5-6,8-12H2. The molecule has 90 valence electrons. The zero-order chi connectivity index (χ0) is 11.5. The third-order valence-corrected chi connectivity index (χ3v) is 3.83. The molecule has 2 nitrogen and oxygen atoms in total. The lowest BCUT2D eigenvalue weighted by molar-refractivity contribution is 0.607. The predicted octanol–water partition coefficient (Wildman–Crippen LogP) is 2.36. The molecule has 2 aliphatic rings. The Labute approximate surface area is 103 Å². The zero-order valence-electron chi connectivity index (χ0n) is 10.3. The highest BCUT2D eigenvalue weighted by atomic mass is 15.1. The molecule has 0 atom stereocenters. The molecule has 0 saturated carbocycles. The fourth-order valence-corrected chi connectivity index (χ4v) is 2.79. The van der Waals surface area contributed by atoms with Crippen LogP contribution in [0.5, 0.6) is 0 Å². The van der Waals surface area contributed by atoms with Gasteiger partial charge in [-0.05, 0) is 44.0 Å². The van der Waals surface area contributed by atoms with Crippen molar-refractivity contribution in [2.45, 2.75) is 19.3 Å². The molecule has 0 spiro atoms. The van der Waals surface area contributed by atoms with Crippen LogP contribution in [0.2, 0.25) is 0 Å². The molecule has 17 heavy (non-hydrogen) atoms. The summed E-state index contributed by atoms with van der Waals surface area (Å²) < 4.78 is 0. The van der Waals surface area contributed by atoms with Gasteiger partial charge < -0.3 is 10.2 Å². The molecule has 1 saturated heterocycles. The van der Waals surface area contributed by atoms with Gasteiger partial charge in [0, 0.05) is 18.8 Å². The predicted molar refractivity (Wildman–Crippen MR) is 72.5 cm³/mol. The van der Waals surface area contributed by atoms with Crippen LogP contribution in [-0.4, -0.2) is 26.2 Å². The Morgan fingerprint density at radius 3 is 2.82 bits per heavy atom. The minimum absolute atomic E-state index is 1.09. The molecule has 2 aliphatic heterocycles. The monoisotopic (exact) mass is 228 g/mol. The van der Waals surface area contributed by atoms with Crippen LogP contribution >= 0.6 is 0 Å². The quantitative estimate of drug-likeness (QED) is 0.782. The molecule has 1 N–H and O–H groups in total. The number of benzene rings is 1. The van der Waals surface area contributed by atoms with Gasteiger partial charge in [-0.1, -0.05) is 29.8 Å². The van der Waals surface area contributed by atoms with Crippen molar-refractivity contribution in [3.63, 3.8) is 0 Å². The van der Waals surface area contributed by atoms with E-state index in [4.69, 9.17) is 0 Å². The van der Waals surface area contributed by atoms with E-state index < -0.39 is 0 Å². The summed E-state index contributed by atoms with van der Waals surface area (Å²) in [6, 6.07) is 8.80. The van der Waals surface area contributed by atoms with Gasteiger partial charge in [-0.3, -0.25) is 0 Å². The van der Waals surface area contributed by atoms with Crippen LogP contribution in [0.3, 0.4) is 0 Å². The molecular formula is C15H20N2. The summed E-state index contributed by atoms with van der Waals surface area (Å²) in [4.78, 5) is 2.50. The highest BCUT2D eigenvalue weighted by Gasteiger charge is 2.17. The molecule has 0 amide bonds. The molecule has 0 radical (unpaired) electrons. The first-order valence-electron chi connectivity index (χ1n) is 6.65. The van der Waals surface area contributed by atoms with Crippen molar-refractivity contribution in [3.05, 3.63) is 41.5 Å². The van der Waals surface area contributed by atoms with E-state index in [2.05, 4.69) is 40.6 Å². The smallest absolute Gasteiger partial charge is 0.0402 e. The van der Waals surface area contributed by atoms with Crippen molar-refractivity contribution in [3.8, 4) is 0 Å². The van der Waals surface area contributed by atoms with Crippen LogP contribution in [0, 0.1) is 0 Å². The maximum atomic E-state index is 3.40. The normalized spacial score (nSPS) is 19.3. The third kappa shape index (κ3) is 2.37. The number of fused-ring (bicyclic) bond motifs is 1. The highest BCUT2D eigenvalue weighted by Crippen LogP contribution is 2.27. The lowest BCUT2D eigenvalue weighted by Gasteiger charge is -2.20. The van der Waals surface area contributed by atoms with E-state index in [0.717, 1.165) is 19.6 Å². The van der Waals surface area contributed by atoms with Crippen LogP contribution in [0.15, 0.2) is 35.9 Å². The van der Waals surface area contributed by atoms with Gasteiger partial charge in [0.05, 0.1) is 0 Å².